The summed E-state index contributed by atoms with van der Waals surface area (Å²) in [6, 6.07) is 23.9. The SMILES string of the molecule is COc1ccc(Cn2c(Cc3c[nH]c4ccccc34)nnc2[C@@H](Cc2c[nH]c3ccccc23)NC(=O)[C@@H]2CCNCN2)cc1. The molecule has 1 aliphatic heterocycles. The number of para-hydroxylation sites is 2. The number of ether oxygens (including phenoxy) is 1. The number of aromatic nitrogens is 5. The first-order chi connectivity index (χ1) is 21.7. The van der Waals surface area contributed by atoms with Crippen molar-refractivity contribution in [1.29, 1.82) is 0 Å². The third kappa shape index (κ3) is 5.69. The van der Waals surface area contributed by atoms with E-state index in [-0.39, 0.29) is 11.9 Å². The number of fused-ring (bicyclic) bond motifs is 2. The maximum Gasteiger partial charge on any atom is 0.237 e. The van der Waals surface area contributed by atoms with E-state index in [1.54, 1.807) is 7.11 Å². The molecule has 7 rings (SSSR count). The van der Waals surface area contributed by atoms with Gasteiger partial charge in [0.2, 0.25) is 5.91 Å². The van der Waals surface area contributed by atoms with Crippen LogP contribution in [-0.4, -0.2) is 57.0 Å². The molecule has 0 spiro atoms. The Morgan fingerprint density at radius 2 is 1.66 bits per heavy atom. The van der Waals surface area contributed by atoms with Crippen molar-refractivity contribution < 1.29 is 9.53 Å². The number of benzene rings is 3. The molecule has 4 heterocycles. The highest BCUT2D eigenvalue weighted by molar-refractivity contribution is 5.85. The van der Waals surface area contributed by atoms with Gasteiger partial charge in [0.1, 0.15) is 11.6 Å². The van der Waals surface area contributed by atoms with Crippen molar-refractivity contribution in [2.75, 3.05) is 20.3 Å². The van der Waals surface area contributed by atoms with Gasteiger partial charge in [0, 0.05) is 53.7 Å². The number of methoxy groups -OCH3 is 1. The average molecular weight is 589 g/mol. The highest BCUT2D eigenvalue weighted by Crippen LogP contribution is 2.27. The number of hydrogen-bond acceptors (Lipinski definition) is 6. The molecule has 1 aliphatic rings. The van der Waals surface area contributed by atoms with Gasteiger partial charge in [-0.25, -0.2) is 0 Å². The molecule has 10 nitrogen and oxygen atoms in total. The second-order valence-corrected chi connectivity index (χ2v) is 11.3. The van der Waals surface area contributed by atoms with Crippen LogP contribution in [0.1, 0.15) is 40.8 Å². The van der Waals surface area contributed by atoms with Gasteiger partial charge >= 0.3 is 0 Å². The Hall–Kier alpha value is -4.93. The maximum atomic E-state index is 13.6. The first kappa shape index (κ1) is 27.9. The molecule has 1 saturated heterocycles. The summed E-state index contributed by atoms with van der Waals surface area (Å²) < 4.78 is 7.57. The smallest absolute Gasteiger partial charge is 0.237 e. The van der Waals surface area contributed by atoms with Crippen molar-refractivity contribution in [3.63, 3.8) is 0 Å². The van der Waals surface area contributed by atoms with Crippen molar-refractivity contribution in [3.05, 3.63) is 114 Å². The van der Waals surface area contributed by atoms with E-state index in [0.29, 0.717) is 26.1 Å². The highest BCUT2D eigenvalue weighted by atomic mass is 16.5. The lowest BCUT2D eigenvalue weighted by Gasteiger charge is -2.26. The van der Waals surface area contributed by atoms with E-state index in [9.17, 15) is 4.79 Å². The zero-order valence-electron chi connectivity index (χ0n) is 24.6. The van der Waals surface area contributed by atoms with Gasteiger partial charge in [-0.15, -0.1) is 10.2 Å². The number of H-pyrrole nitrogens is 2. The number of hydrogen-bond donors (Lipinski definition) is 5. The van der Waals surface area contributed by atoms with E-state index in [4.69, 9.17) is 14.9 Å². The summed E-state index contributed by atoms with van der Waals surface area (Å²) in [5.41, 5.74) is 5.49. The van der Waals surface area contributed by atoms with Crippen molar-refractivity contribution in [1.82, 2.24) is 40.7 Å². The lowest BCUT2D eigenvalue weighted by Crippen LogP contribution is -2.53. The van der Waals surface area contributed by atoms with Crippen molar-refractivity contribution in [3.8, 4) is 5.75 Å². The van der Waals surface area contributed by atoms with Gasteiger partial charge in [-0.1, -0.05) is 48.5 Å². The van der Waals surface area contributed by atoms with Gasteiger partial charge in [-0.2, -0.15) is 0 Å². The van der Waals surface area contributed by atoms with E-state index in [2.05, 4.69) is 72.9 Å². The molecule has 0 saturated carbocycles. The zero-order valence-corrected chi connectivity index (χ0v) is 24.6. The first-order valence-corrected chi connectivity index (χ1v) is 15.1. The Labute approximate surface area is 255 Å². The van der Waals surface area contributed by atoms with Crippen LogP contribution in [0.2, 0.25) is 0 Å². The van der Waals surface area contributed by atoms with E-state index in [1.807, 2.05) is 42.7 Å². The maximum absolute atomic E-state index is 13.6. The Bertz CT molecular complexity index is 1880. The molecule has 10 heteroatoms. The fourth-order valence-electron chi connectivity index (χ4n) is 6.13. The standard InChI is InChI=1S/C34H36N8O2/c1-44-25-12-10-22(11-13-25)20-42-32(17-24-19-37-29-9-5-3-7-27(24)29)40-41-33(42)31(39-34(43)30-14-15-35-21-38-30)16-23-18-36-28-8-4-2-6-26(23)28/h2-13,18-19,30-31,35-38H,14-17,20-21H2,1H3,(H,39,43)/t30-,31+/m0/s1. The summed E-state index contributed by atoms with van der Waals surface area (Å²) in [7, 11) is 1.67. The van der Waals surface area contributed by atoms with Gasteiger partial charge in [0.05, 0.1) is 25.7 Å². The Morgan fingerprint density at radius 3 is 2.36 bits per heavy atom. The number of aromatic amines is 2. The van der Waals surface area contributed by atoms with Crippen molar-refractivity contribution in [2.45, 2.75) is 37.9 Å². The molecular weight excluding hydrogens is 552 g/mol. The summed E-state index contributed by atoms with van der Waals surface area (Å²) in [6.07, 6.45) is 5.95. The summed E-state index contributed by atoms with van der Waals surface area (Å²) in [6.45, 7) is 1.95. The molecule has 2 atom stereocenters. The number of nitrogens with one attached hydrogen (secondary N) is 5. The minimum atomic E-state index is -0.402. The van der Waals surface area contributed by atoms with Crippen molar-refractivity contribution in [2.24, 2.45) is 0 Å². The molecule has 3 aromatic carbocycles. The molecule has 6 aromatic rings. The van der Waals surface area contributed by atoms with Crippen LogP contribution in [0.5, 0.6) is 5.75 Å². The second kappa shape index (κ2) is 12.4. The van der Waals surface area contributed by atoms with Crippen molar-refractivity contribution >= 4 is 27.7 Å². The minimum Gasteiger partial charge on any atom is -0.497 e. The van der Waals surface area contributed by atoms with Crippen LogP contribution in [0.15, 0.2) is 85.2 Å². The van der Waals surface area contributed by atoms with E-state index < -0.39 is 6.04 Å². The number of rotatable bonds is 10. The molecule has 3 aromatic heterocycles. The number of carbonyl (C=O) groups excluding carboxylic acids is 1. The Kier molecular flexibility index (Phi) is 7.83. The summed E-state index contributed by atoms with van der Waals surface area (Å²) in [4.78, 5) is 20.4. The molecule has 0 bridgehead atoms. The number of amides is 1. The molecule has 1 fully saturated rings. The van der Waals surface area contributed by atoms with E-state index in [1.165, 1.54) is 0 Å². The third-order valence-electron chi connectivity index (χ3n) is 8.51. The fraction of sp³-hybridized carbons (Fsp3) is 0.265. The average Bonchev–Trinajstić information content (AvgIpc) is 3.79. The van der Waals surface area contributed by atoms with Gasteiger partial charge in [0.15, 0.2) is 5.82 Å². The second-order valence-electron chi connectivity index (χ2n) is 11.3. The first-order valence-electron chi connectivity index (χ1n) is 15.1. The van der Waals surface area contributed by atoms with Crippen LogP contribution in [0.3, 0.4) is 0 Å². The molecule has 1 amide bonds. The van der Waals surface area contributed by atoms with Crippen LogP contribution in [-0.2, 0) is 24.2 Å². The highest BCUT2D eigenvalue weighted by Gasteiger charge is 2.29. The number of carbonyl (C=O) groups is 1. The monoisotopic (exact) mass is 588 g/mol. The molecule has 5 N–H and O–H groups in total. The topological polar surface area (TPSA) is 125 Å². The molecule has 0 aliphatic carbocycles. The largest absolute Gasteiger partial charge is 0.497 e. The minimum absolute atomic E-state index is 0.0338. The van der Waals surface area contributed by atoms with Gasteiger partial charge in [0.25, 0.3) is 0 Å². The number of nitrogens with zero attached hydrogens (tertiary/aromatic N) is 3. The lowest BCUT2D eigenvalue weighted by molar-refractivity contribution is -0.124. The lowest BCUT2D eigenvalue weighted by atomic mass is 10.0. The Balaban J connectivity index is 1.29. The molecule has 44 heavy (non-hydrogen) atoms. The predicted octanol–water partition coefficient (Wildman–Crippen LogP) is 4.20. The van der Waals surface area contributed by atoms with Gasteiger partial charge < -0.3 is 29.9 Å². The third-order valence-corrected chi connectivity index (χ3v) is 8.51. The normalized spacial score (nSPS) is 15.9. The predicted molar refractivity (Wildman–Crippen MR) is 171 cm³/mol. The van der Waals surface area contributed by atoms with Crippen LogP contribution in [0, 0.1) is 0 Å². The molecule has 0 radical (unpaired) electrons. The van der Waals surface area contributed by atoms with Gasteiger partial charge in [-0.3, -0.25) is 10.1 Å². The van der Waals surface area contributed by atoms with Gasteiger partial charge in [-0.05, 0) is 53.9 Å². The fourth-order valence-corrected chi connectivity index (χ4v) is 6.13. The quantitative estimate of drug-likeness (QED) is 0.163. The Morgan fingerprint density at radius 1 is 0.955 bits per heavy atom. The summed E-state index contributed by atoms with van der Waals surface area (Å²) in [5, 5.41) is 21.7. The summed E-state index contributed by atoms with van der Waals surface area (Å²) >= 11 is 0. The zero-order chi connectivity index (χ0) is 29.9. The van der Waals surface area contributed by atoms with Crippen LogP contribution >= 0.6 is 0 Å². The molecule has 224 valence electrons. The van der Waals surface area contributed by atoms with Crippen LogP contribution in [0.4, 0.5) is 0 Å². The molecular formula is C34H36N8O2. The van der Waals surface area contributed by atoms with Crippen LogP contribution < -0.4 is 20.7 Å². The van der Waals surface area contributed by atoms with Crippen LogP contribution in [0.25, 0.3) is 21.8 Å². The summed E-state index contributed by atoms with van der Waals surface area (Å²) in [5.74, 6) is 2.33. The molecule has 0 unspecified atom stereocenters. The van der Waals surface area contributed by atoms with E-state index >= 15 is 0 Å². The van der Waals surface area contributed by atoms with E-state index in [0.717, 1.165) is 68.9 Å².